The summed E-state index contributed by atoms with van der Waals surface area (Å²) in [4.78, 5) is 6.74. The van der Waals surface area contributed by atoms with Crippen LogP contribution < -0.4 is 4.90 Å². The molecule has 5 aromatic carbocycles. The van der Waals surface area contributed by atoms with E-state index in [1.807, 2.05) is 6.07 Å². The van der Waals surface area contributed by atoms with E-state index in [4.69, 9.17) is 4.42 Å². The number of fused-ring (bicyclic) bond motifs is 4. The van der Waals surface area contributed by atoms with Crippen LogP contribution in [0, 0.1) is 0 Å². The van der Waals surface area contributed by atoms with Crippen molar-refractivity contribution in [1.82, 2.24) is 4.98 Å². The summed E-state index contributed by atoms with van der Waals surface area (Å²) in [6.45, 7) is 0. The van der Waals surface area contributed by atoms with Crippen molar-refractivity contribution < 1.29 is 4.42 Å². The van der Waals surface area contributed by atoms with Gasteiger partial charge in [-0.25, -0.2) is 4.98 Å². The third-order valence-corrected chi connectivity index (χ3v) is 8.24. The second kappa shape index (κ2) is 10.2. The highest BCUT2D eigenvalue weighted by Gasteiger charge is 2.17. The van der Waals surface area contributed by atoms with E-state index in [9.17, 15) is 0 Å². The first-order valence-corrected chi connectivity index (χ1v) is 14.4. The highest BCUT2D eigenvalue weighted by Crippen LogP contribution is 2.40. The summed E-state index contributed by atoms with van der Waals surface area (Å²) in [5.74, 6) is 0.434. The van der Waals surface area contributed by atoms with Crippen molar-refractivity contribution in [3.8, 4) is 11.1 Å². The van der Waals surface area contributed by atoms with Gasteiger partial charge in [0.15, 0.2) is 0 Å². The van der Waals surface area contributed by atoms with Crippen molar-refractivity contribution >= 4 is 49.9 Å². The molecule has 2 aromatic heterocycles. The molecule has 0 spiro atoms. The van der Waals surface area contributed by atoms with Gasteiger partial charge in [0.25, 0.3) is 0 Å². The van der Waals surface area contributed by atoms with E-state index in [0.29, 0.717) is 11.6 Å². The van der Waals surface area contributed by atoms with Crippen molar-refractivity contribution in [2.75, 3.05) is 4.90 Å². The molecular weight excluding hydrogens is 512 g/mol. The van der Waals surface area contributed by atoms with Crippen LogP contribution >= 0.6 is 0 Å². The Balaban J connectivity index is 1.24. The predicted octanol–water partition coefficient (Wildman–Crippen LogP) is 10.9. The summed E-state index contributed by atoms with van der Waals surface area (Å²) < 4.78 is 6.18. The lowest BCUT2D eigenvalue weighted by atomic mass is 9.91. The molecule has 42 heavy (non-hydrogen) atoms. The molecule has 0 saturated heterocycles. The molecule has 8 rings (SSSR count). The van der Waals surface area contributed by atoms with Gasteiger partial charge in [-0.2, -0.15) is 0 Å². The van der Waals surface area contributed by atoms with Crippen molar-refractivity contribution in [1.29, 1.82) is 0 Å². The molecule has 3 nitrogen and oxygen atoms in total. The first-order valence-electron chi connectivity index (χ1n) is 14.4. The number of hydrogen-bond acceptors (Lipinski definition) is 3. The third kappa shape index (κ3) is 4.36. The number of anilines is 3. The summed E-state index contributed by atoms with van der Waals surface area (Å²) in [5.41, 5.74) is 8.44. The van der Waals surface area contributed by atoms with Gasteiger partial charge >= 0.3 is 0 Å². The zero-order chi connectivity index (χ0) is 27.9. The normalized spacial score (nSPS) is 14.6. The minimum Gasteiger partial charge on any atom is -0.438 e. The maximum Gasteiger partial charge on any atom is 0.227 e. The Kier molecular flexibility index (Phi) is 5.93. The molecule has 0 amide bonds. The van der Waals surface area contributed by atoms with Crippen LogP contribution in [-0.2, 0) is 0 Å². The molecule has 1 aliphatic carbocycles. The molecule has 0 N–H and O–H groups in total. The molecule has 1 unspecified atom stereocenters. The Morgan fingerprint density at radius 3 is 2.24 bits per heavy atom. The number of aromatic nitrogens is 1. The van der Waals surface area contributed by atoms with E-state index in [2.05, 4.69) is 149 Å². The number of pyridine rings is 1. The third-order valence-electron chi connectivity index (χ3n) is 8.24. The number of allylic oxidation sites excluding steroid dienone is 4. The van der Waals surface area contributed by atoms with E-state index in [-0.39, 0.29) is 0 Å². The average Bonchev–Trinajstić information content (AvgIpc) is 3.44. The molecule has 7 aromatic rings. The molecule has 0 radical (unpaired) electrons. The van der Waals surface area contributed by atoms with Gasteiger partial charge in [0.05, 0.1) is 0 Å². The van der Waals surface area contributed by atoms with Gasteiger partial charge in [0.1, 0.15) is 5.58 Å². The van der Waals surface area contributed by atoms with E-state index < -0.39 is 0 Å². The van der Waals surface area contributed by atoms with Crippen LogP contribution in [0.4, 0.5) is 17.1 Å². The molecule has 0 aliphatic heterocycles. The molecular formula is C39H28N2O. The van der Waals surface area contributed by atoms with E-state index in [1.165, 1.54) is 27.5 Å². The quantitative estimate of drug-likeness (QED) is 0.217. The number of furan rings is 1. The van der Waals surface area contributed by atoms with Gasteiger partial charge in [-0.05, 0) is 82.4 Å². The van der Waals surface area contributed by atoms with Crippen molar-refractivity contribution in [3.05, 3.63) is 157 Å². The van der Waals surface area contributed by atoms with Crippen LogP contribution in [0.15, 0.2) is 156 Å². The summed E-state index contributed by atoms with van der Waals surface area (Å²) >= 11 is 0. The van der Waals surface area contributed by atoms with Gasteiger partial charge in [-0.1, -0.05) is 91.0 Å². The van der Waals surface area contributed by atoms with Gasteiger partial charge in [0.2, 0.25) is 5.71 Å². The largest absolute Gasteiger partial charge is 0.438 e. The standard InChI is InChI=1S/C39H28N2O/c1-3-8-27(9-4-1)29-15-18-33(19-16-29)41(35-21-22-36-37-12-7-23-40-39(37)42-38(36)26-35)34-20-17-31-24-30(13-14-32(31)25-34)28-10-5-2-6-11-28/h1-10,12-26,28H,11H2. The highest BCUT2D eigenvalue weighted by molar-refractivity contribution is 6.05. The van der Waals surface area contributed by atoms with Crippen LogP contribution in [0.2, 0.25) is 0 Å². The van der Waals surface area contributed by atoms with Gasteiger partial charge < -0.3 is 9.32 Å². The summed E-state index contributed by atoms with van der Waals surface area (Å²) in [7, 11) is 0. The van der Waals surface area contributed by atoms with Crippen LogP contribution in [0.25, 0.3) is 44.0 Å². The van der Waals surface area contributed by atoms with Gasteiger partial charge in [-0.15, -0.1) is 0 Å². The predicted molar refractivity (Wildman–Crippen MR) is 175 cm³/mol. The van der Waals surface area contributed by atoms with Gasteiger partial charge in [0, 0.05) is 46.0 Å². The van der Waals surface area contributed by atoms with Crippen LogP contribution in [-0.4, -0.2) is 4.98 Å². The first kappa shape index (κ1) is 24.4. The molecule has 1 aliphatic rings. The molecule has 0 fully saturated rings. The lowest BCUT2D eigenvalue weighted by molar-refractivity contribution is 0.654. The van der Waals surface area contributed by atoms with E-state index in [1.54, 1.807) is 6.20 Å². The van der Waals surface area contributed by atoms with E-state index in [0.717, 1.165) is 39.8 Å². The second-order valence-electron chi connectivity index (χ2n) is 10.8. The summed E-state index contributed by atoms with van der Waals surface area (Å²) in [6, 6.07) is 43.3. The molecule has 200 valence electrons. The Morgan fingerprint density at radius 2 is 1.38 bits per heavy atom. The fourth-order valence-corrected chi connectivity index (χ4v) is 6.07. The maximum atomic E-state index is 6.18. The Hall–Kier alpha value is -5.41. The number of rotatable bonds is 5. The fraction of sp³-hybridized carbons (Fsp3) is 0.0513. The minimum atomic E-state index is 0.434. The zero-order valence-electron chi connectivity index (χ0n) is 23.0. The Bertz CT molecular complexity index is 2120. The van der Waals surface area contributed by atoms with Gasteiger partial charge in [-0.3, -0.25) is 0 Å². The second-order valence-corrected chi connectivity index (χ2v) is 10.8. The van der Waals surface area contributed by atoms with Crippen molar-refractivity contribution in [2.24, 2.45) is 0 Å². The summed E-state index contributed by atoms with van der Waals surface area (Å²) in [5, 5.41) is 4.56. The fourth-order valence-electron chi connectivity index (χ4n) is 6.07. The minimum absolute atomic E-state index is 0.434. The van der Waals surface area contributed by atoms with Crippen LogP contribution in [0.3, 0.4) is 0 Å². The average molecular weight is 541 g/mol. The molecule has 3 heteroatoms. The topological polar surface area (TPSA) is 29.3 Å². The molecule has 2 heterocycles. The SMILES string of the molecule is C1=CCC(c2ccc3cc(N(c4ccc(-c5ccccc5)cc4)c4ccc5c(c4)oc4ncccc45)ccc3c2)C=C1. The van der Waals surface area contributed by atoms with Crippen LogP contribution in [0.1, 0.15) is 17.9 Å². The lowest BCUT2D eigenvalue weighted by Gasteiger charge is -2.26. The smallest absolute Gasteiger partial charge is 0.227 e. The highest BCUT2D eigenvalue weighted by atomic mass is 16.3. The summed E-state index contributed by atoms with van der Waals surface area (Å²) in [6.07, 6.45) is 11.6. The molecule has 0 bridgehead atoms. The number of hydrogen-bond donors (Lipinski definition) is 0. The Labute approximate surface area is 244 Å². The lowest BCUT2D eigenvalue weighted by Crippen LogP contribution is -2.09. The Morgan fingerprint density at radius 1 is 0.619 bits per heavy atom. The van der Waals surface area contributed by atoms with Crippen molar-refractivity contribution in [3.63, 3.8) is 0 Å². The first-order chi connectivity index (χ1) is 20.8. The van der Waals surface area contributed by atoms with Crippen LogP contribution in [0.5, 0.6) is 0 Å². The zero-order valence-corrected chi connectivity index (χ0v) is 23.0. The number of nitrogens with zero attached hydrogens (tertiary/aromatic N) is 2. The monoisotopic (exact) mass is 540 g/mol. The van der Waals surface area contributed by atoms with E-state index >= 15 is 0 Å². The van der Waals surface area contributed by atoms with Crippen molar-refractivity contribution in [2.45, 2.75) is 12.3 Å². The molecule has 1 atom stereocenters. The maximum absolute atomic E-state index is 6.18. The number of benzene rings is 5. The molecule has 0 saturated carbocycles.